The van der Waals surface area contributed by atoms with Gasteiger partial charge in [0.1, 0.15) is 0 Å². The van der Waals surface area contributed by atoms with E-state index in [0.717, 1.165) is 61.9 Å². The molecule has 1 heterocycles. The number of anilines is 1. The third-order valence-electron chi connectivity index (χ3n) is 5.65. The molecule has 2 N–H and O–H groups in total. The van der Waals surface area contributed by atoms with Gasteiger partial charge in [0.2, 0.25) is 11.8 Å². The minimum absolute atomic E-state index is 0.00266. The Morgan fingerprint density at radius 3 is 2.38 bits per heavy atom. The molecule has 1 unspecified atom stereocenters. The first-order valence-corrected chi connectivity index (χ1v) is 9.80. The summed E-state index contributed by atoms with van der Waals surface area (Å²) >= 11 is 0. The van der Waals surface area contributed by atoms with Crippen LogP contribution in [0.5, 0.6) is 0 Å². The number of carbonyl (C=O) groups excluding carboxylic acids is 2. The van der Waals surface area contributed by atoms with Crippen molar-refractivity contribution in [3.05, 3.63) is 29.3 Å². The van der Waals surface area contributed by atoms with Crippen LogP contribution in [0, 0.1) is 25.7 Å². The monoisotopic (exact) mass is 358 g/mol. The van der Waals surface area contributed by atoms with Gasteiger partial charge in [0.05, 0.1) is 6.10 Å². The van der Waals surface area contributed by atoms with Crippen molar-refractivity contribution in [3.8, 4) is 0 Å². The van der Waals surface area contributed by atoms with E-state index in [1.807, 2.05) is 32.0 Å². The fraction of sp³-hybridized carbons (Fsp3) is 0.619. The van der Waals surface area contributed by atoms with Gasteiger partial charge in [0, 0.05) is 30.7 Å². The molecule has 1 aliphatic carbocycles. The largest absolute Gasteiger partial charge is 0.376 e. The van der Waals surface area contributed by atoms with Crippen molar-refractivity contribution in [2.45, 2.75) is 58.5 Å². The molecule has 5 nitrogen and oxygen atoms in total. The first kappa shape index (κ1) is 18.9. The standard InChI is InChI=1S/C21H30N2O3/c1-14-5-6-15(2)19(12-14)23-21(25)17-9-7-16(8-10-17)20(24)22-13-18-4-3-11-26-18/h5-6,12,16-18H,3-4,7-11,13H2,1-2H3,(H,22,24)(H,23,25). The normalized spacial score (nSPS) is 25.7. The molecule has 1 saturated carbocycles. The Bertz CT molecular complexity index is 645. The van der Waals surface area contributed by atoms with E-state index in [9.17, 15) is 9.59 Å². The van der Waals surface area contributed by atoms with Gasteiger partial charge in [-0.15, -0.1) is 0 Å². The van der Waals surface area contributed by atoms with Crippen LogP contribution in [0.25, 0.3) is 0 Å². The second kappa shape index (κ2) is 8.67. The number of carbonyl (C=O) groups is 2. The Hall–Kier alpha value is -1.88. The summed E-state index contributed by atoms with van der Waals surface area (Å²) < 4.78 is 5.55. The van der Waals surface area contributed by atoms with Crippen LogP contribution < -0.4 is 10.6 Å². The molecule has 26 heavy (non-hydrogen) atoms. The Morgan fingerprint density at radius 1 is 1.04 bits per heavy atom. The van der Waals surface area contributed by atoms with E-state index in [2.05, 4.69) is 10.6 Å². The molecule has 2 aliphatic rings. The highest BCUT2D eigenvalue weighted by atomic mass is 16.5. The smallest absolute Gasteiger partial charge is 0.227 e. The van der Waals surface area contributed by atoms with Crippen molar-refractivity contribution in [2.75, 3.05) is 18.5 Å². The first-order chi connectivity index (χ1) is 12.5. The molecule has 3 rings (SSSR count). The number of hydrogen-bond donors (Lipinski definition) is 2. The number of rotatable bonds is 5. The minimum atomic E-state index is -0.00266. The molecule has 5 heteroatoms. The van der Waals surface area contributed by atoms with Gasteiger partial charge in [-0.2, -0.15) is 0 Å². The molecule has 1 saturated heterocycles. The molecule has 142 valence electrons. The van der Waals surface area contributed by atoms with Crippen LogP contribution in [0.2, 0.25) is 0 Å². The summed E-state index contributed by atoms with van der Waals surface area (Å²) in [6.07, 6.45) is 5.40. The van der Waals surface area contributed by atoms with Gasteiger partial charge in [-0.3, -0.25) is 9.59 Å². The molecule has 1 atom stereocenters. The summed E-state index contributed by atoms with van der Waals surface area (Å²) in [6.45, 7) is 5.45. The average molecular weight is 358 g/mol. The molecule has 1 aromatic rings. The van der Waals surface area contributed by atoms with Crippen LogP contribution >= 0.6 is 0 Å². The SMILES string of the molecule is Cc1ccc(C)c(NC(=O)C2CCC(C(=O)NCC3CCCO3)CC2)c1. The van der Waals surface area contributed by atoms with Gasteiger partial charge in [-0.25, -0.2) is 0 Å². The molecule has 2 amide bonds. The molecular formula is C21H30N2O3. The summed E-state index contributed by atoms with van der Waals surface area (Å²) in [4.78, 5) is 24.9. The molecular weight excluding hydrogens is 328 g/mol. The van der Waals surface area contributed by atoms with E-state index in [-0.39, 0.29) is 29.8 Å². The Kier molecular flexibility index (Phi) is 6.30. The zero-order valence-electron chi connectivity index (χ0n) is 15.8. The van der Waals surface area contributed by atoms with E-state index in [4.69, 9.17) is 4.74 Å². The minimum Gasteiger partial charge on any atom is -0.376 e. The molecule has 0 aromatic heterocycles. The fourth-order valence-electron chi connectivity index (χ4n) is 3.89. The fourth-order valence-corrected chi connectivity index (χ4v) is 3.89. The lowest BCUT2D eigenvalue weighted by atomic mass is 9.81. The summed E-state index contributed by atoms with van der Waals surface area (Å²) in [6, 6.07) is 6.09. The maximum Gasteiger partial charge on any atom is 0.227 e. The van der Waals surface area contributed by atoms with Gasteiger partial charge in [0.15, 0.2) is 0 Å². The maximum absolute atomic E-state index is 12.6. The van der Waals surface area contributed by atoms with Crippen molar-refractivity contribution in [1.82, 2.24) is 5.32 Å². The van der Waals surface area contributed by atoms with Crippen LogP contribution in [0.3, 0.4) is 0 Å². The van der Waals surface area contributed by atoms with Crippen LogP contribution in [0.4, 0.5) is 5.69 Å². The Morgan fingerprint density at radius 2 is 1.73 bits per heavy atom. The predicted octanol–water partition coefficient (Wildman–Crippen LogP) is 3.34. The van der Waals surface area contributed by atoms with Crippen molar-refractivity contribution in [1.29, 1.82) is 0 Å². The van der Waals surface area contributed by atoms with Crippen molar-refractivity contribution in [3.63, 3.8) is 0 Å². The van der Waals surface area contributed by atoms with Gasteiger partial charge in [0.25, 0.3) is 0 Å². The second-order valence-corrected chi connectivity index (χ2v) is 7.74. The quantitative estimate of drug-likeness (QED) is 0.848. The molecule has 0 bridgehead atoms. The summed E-state index contributed by atoms with van der Waals surface area (Å²) in [5, 5.41) is 6.10. The van der Waals surface area contributed by atoms with Crippen molar-refractivity contribution < 1.29 is 14.3 Å². The van der Waals surface area contributed by atoms with Crippen LogP contribution in [0.1, 0.15) is 49.7 Å². The Balaban J connectivity index is 1.44. The highest BCUT2D eigenvalue weighted by Gasteiger charge is 2.30. The van der Waals surface area contributed by atoms with Gasteiger partial charge < -0.3 is 15.4 Å². The average Bonchev–Trinajstić information content (AvgIpc) is 3.16. The molecule has 1 aliphatic heterocycles. The zero-order chi connectivity index (χ0) is 18.5. The van der Waals surface area contributed by atoms with Crippen LogP contribution in [-0.4, -0.2) is 31.1 Å². The van der Waals surface area contributed by atoms with E-state index in [1.165, 1.54) is 0 Å². The summed E-state index contributed by atoms with van der Waals surface area (Å²) in [7, 11) is 0. The molecule has 0 radical (unpaired) electrons. The lowest BCUT2D eigenvalue weighted by Crippen LogP contribution is -2.38. The number of amides is 2. The van der Waals surface area contributed by atoms with Crippen LogP contribution in [-0.2, 0) is 14.3 Å². The number of benzene rings is 1. The third-order valence-corrected chi connectivity index (χ3v) is 5.65. The van der Waals surface area contributed by atoms with E-state index >= 15 is 0 Å². The predicted molar refractivity (Wildman–Crippen MR) is 102 cm³/mol. The van der Waals surface area contributed by atoms with E-state index in [1.54, 1.807) is 0 Å². The van der Waals surface area contributed by atoms with E-state index < -0.39 is 0 Å². The number of hydrogen-bond acceptors (Lipinski definition) is 3. The van der Waals surface area contributed by atoms with Gasteiger partial charge >= 0.3 is 0 Å². The van der Waals surface area contributed by atoms with Crippen molar-refractivity contribution >= 4 is 17.5 Å². The lowest BCUT2D eigenvalue weighted by molar-refractivity contribution is -0.128. The molecule has 1 aromatic carbocycles. The lowest BCUT2D eigenvalue weighted by Gasteiger charge is -2.27. The Labute approximate surface area is 155 Å². The van der Waals surface area contributed by atoms with Crippen LogP contribution in [0.15, 0.2) is 18.2 Å². The summed E-state index contributed by atoms with van der Waals surface area (Å²) in [5.41, 5.74) is 3.11. The molecule has 2 fully saturated rings. The van der Waals surface area contributed by atoms with Crippen molar-refractivity contribution in [2.24, 2.45) is 11.8 Å². The first-order valence-electron chi connectivity index (χ1n) is 9.80. The maximum atomic E-state index is 12.6. The van der Waals surface area contributed by atoms with Gasteiger partial charge in [-0.05, 0) is 69.6 Å². The number of aryl methyl sites for hydroxylation is 2. The van der Waals surface area contributed by atoms with Gasteiger partial charge in [-0.1, -0.05) is 12.1 Å². The summed E-state index contributed by atoms with van der Waals surface area (Å²) in [5.74, 6) is 0.226. The highest BCUT2D eigenvalue weighted by molar-refractivity contribution is 5.93. The number of ether oxygens (including phenoxy) is 1. The zero-order valence-corrected chi connectivity index (χ0v) is 15.8. The highest BCUT2D eigenvalue weighted by Crippen LogP contribution is 2.30. The second-order valence-electron chi connectivity index (χ2n) is 7.74. The number of nitrogens with one attached hydrogen (secondary N) is 2. The molecule has 0 spiro atoms. The third kappa shape index (κ3) is 4.85. The topological polar surface area (TPSA) is 67.4 Å². The van der Waals surface area contributed by atoms with E-state index in [0.29, 0.717) is 6.54 Å².